The van der Waals surface area contributed by atoms with Crippen LogP contribution in [-0.4, -0.2) is 31.1 Å². The predicted molar refractivity (Wildman–Crippen MR) is 87.0 cm³/mol. The van der Waals surface area contributed by atoms with E-state index in [1.165, 1.54) is 0 Å². The normalized spacial score (nSPS) is 15.7. The Balaban J connectivity index is 2.15. The Hall–Kier alpha value is -1.85. The molecule has 0 aliphatic carbocycles. The van der Waals surface area contributed by atoms with Gasteiger partial charge in [0.1, 0.15) is 11.3 Å². The van der Waals surface area contributed by atoms with Crippen molar-refractivity contribution in [2.45, 2.75) is 19.9 Å². The quantitative estimate of drug-likeness (QED) is 0.628. The Kier molecular flexibility index (Phi) is 4.41. The molecule has 2 aromatic rings. The molecule has 1 aliphatic heterocycles. The molecule has 0 saturated carbocycles. The first-order valence-corrected chi connectivity index (χ1v) is 7.84. The van der Waals surface area contributed by atoms with E-state index in [-0.39, 0.29) is 6.61 Å². The van der Waals surface area contributed by atoms with Gasteiger partial charge in [-0.3, -0.25) is 0 Å². The summed E-state index contributed by atoms with van der Waals surface area (Å²) in [6.07, 6.45) is 1.90. The number of hydrogen-bond donors (Lipinski definition) is 0. The Labute approximate surface area is 138 Å². The number of benzene rings is 1. The second-order valence-electron chi connectivity index (χ2n) is 5.54. The molecule has 23 heavy (non-hydrogen) atoms. The van der Waals surface area contributed by atoms with Crippen LogP contribution < -0.4 is 0 Å². The minimum Gasteiger partial charge on any atom is -0.461 e. The van der Waals surface area contributed by atoms with E-state index >= 15 is 0 Å². The van der Waals surface area contributed by atoms with Crippen LogP contribution >= 0.6 is 11.6 Å². The number of carbonyl (C=O) groups is 1. The number of ether oxygens (including phenoxy) is 1. The molecule has 1 aromatic carbocycles. The van der Waals surface area contributed by atoms with E-state index in [1.54, 1.807) is 19.1 Å². The Morgan fingerprint density at radius 1 is 1.48 bits per heavy atom. The fraction of sp³-hybridized carbons (Fsp3) is 0.353. The largest absolute Gasteiger partial charge is 0.461 e. The van der Waals surface area contributed by atoms with E-state index in [2.05, 4.69) is 9.64 Å². The summed E-state index contributed by atoms with van der Waals surface area (Å²) in [5.41, 5.74) is 2.50. The zero-order valence-electron chi connectivity index (χ0n) is 13.0. The van der Waals surface area contributed by atoms with Crippen molar-refractivity contribution in [2.24, 2.45) is 0 Å². The number of rotatable bonds is 3. The third-order valence-electron chi connectivity index (χ3n) is 3.94. The molecule has 0 spiro atoms. The molecule has 0 bridgehead atoms. The van der Waals surface area contributed by atoms with Crippen molar-refractivity contribution in [1.29, 1.82) is 0 Å². The van der Waals surface area contributed by atoms with Gasteiger partial charge in [0, 0.05) is 35.1 Å². The Bertz CT molecular complexity index is 797. The Morgan fingerprint density at radius 3 is 3.00 bits per heavy atom. The number of likely N-dealkylation sites (N-methyl/N-ethyl adjacent to an activating group) is 1. The van der Waals surface area contributed by atoms with Crippen molar-refractivity contribution in [3.05, 3.63) is 39.9 Å². The Morgan fingerprint density at radius 2 is 2.26 bits per heavy atom. The topological polar surface area (TPSA) is 42.7 Å². The highest BCUT2D eigenvalue weighted by Gasteiger charge is 2.23. The van der Waals surface area contributed by atoms with E-state index in [4.69, 9.17) is 16.0 Å². The van der Waals surface area contributed by atoms with Crippen LogP contribution in [0.5, 0.6) is 0 Å². The summed E-state index contributed by atoms with van der Waals surface area (Å²) in [7, 11) is 1.98. The van der Waals surface area contributed by atoms with Gasteiger partial charge in [0.05, 0.1) is 6.61 Å². The fourth-order valence-corrected chi connectivity index (χ4v) is 3.12. The highest BCUT2D eigenvalue weighted by molar-refractivity contribution is 6.32. The summed E-state index contributed by atoms with van der Waals surface area (Å²) < 4.78 is 24.4. The molecule has 1 aromatic heterocycles. The van der Waals surface area contributed by atoms with Crippen molar-refractivity contribution >= 4 is 34.6 Å². The maximum Gasteiger partial charge on any atom is 0.367 e. The molecule has 0 amide bonds. The molecule has 0 unspecified atom stereocenters. The second-order valence-corrected chi connectivity index (χ2v) is 5.95. The van der Waals surface area contributed by atoms with Crippen LogP contribution in [0.4, 0.5) is 4.39 Å². The molecular weight excluding hydrogens is 321 g/mol. The highest BCUT2D eigenvalue weighted by Crippen LogP contribution is 2.37. The first-order valence-electron chi connectivity index (χ1n) is 7.47. The molecule has 3 rings (SSSR count). The third kappa shape index (κ3) is 2.99. The summed E-state index contributed by atoms with van der Waals surface area (Å²) in [4.78, 5) is 13.6. The van der Waals surface area contributed by atoms with Crippen molar-refractivity contribution in [1.82, 2.24) is 4.90 Å². The van der Waals surface area contributed by atoms with Crippen molar-refractivity contribution in [2.75, 3.05) is 20.2 Å². The molecule has 0 atom stereocenters. The number of furan rings is 1. The van der Waals surface area contributed by atoms with Gasteiger partial charge < -0.3 is 14.1 Å². The lowest BCUT2D eigenvalue weighted by Crippen LogP contribution is -2.18. The zero-order chi connectivity index (χ0) is 16.6. The zero-order valence-corrected chi connectivity index (χ0v) is 13.7. The third-order valence-corrected chi connectivity index (χ3v) is 4.29. The van der Waals surface area contributed by atoms with Gasteiger partial charge in [0.2, 0.25) is 5.83 Å². The monoisotopic (exact) mass is 337 g/mol. The molecule has 0 radical (unpaired) electrons. The number of nitrogens with zero attached hydrogens (tertiary/aromatic N) is 1. The highest BCUT2D eigenvalue weighted by atomic mass is 35.5. The smallest absolute Gasteiger partial charge is 0.367 e. The van der Waals surface area contributed by atoms with Gasteiger partial charge in [-0.05, 0) is 38.1 Å². The number of carbonyl (C=O) groups excluding carboxylic acids is 1. The van der Waals surface area contributed by atoms with E-state index in [9.17, 15) is 9.18 Å². The van der Waals surface area contributed by atoms with Crippen molar-refractivity contribution in [3.8, 4) is 0 Å². The van der Waals surface area contributed by atoms with Crippen molar-refractivity contribution < 1.29 is 18.3 Å². The lowest BCUT2D eigenvalue weighted by molar-refractivity contribution is -0.140. The van der Waals surface area contributed by atoms with Gasteiger partial charge >= 0.3 is 5.97 Å². The first kappa shape index (κ1) is 16.0. The lowest BCUT2D eigenvalue weighted by atomic mass is 10.0. The van der Waals surface area contributed by atoms with E-state index in [0.29, 0.717) is 22.9 Å². The molecule has 4 nitrogen and oxygen atoms in total. The van der Waals surface area contributed by atoms with E-state index in [0.717, 1.165) is 35.6 Å². The predicted octanol–water partition coefficient (Wildman–Crippen LogP) is 3.95. The van der Waals surface area contributed by atoms with E-state index < -0.39 is 11.8 Å². The van der Waals surface area contributed by atoms with Gasteiger partial charge in [-0.1, -0.05) is 11.6 Å². The minimum atomic E-state index is -0.986. The average molecular weight is 338 g/mol. The molecule has 6 heteroatoms. The first-order chi connectivity index (χ1) is 11.0. The second kappa shape index (κ2) is 6.34. The van der Waals surface area contributed by atoms with E-state index in [1.807, 2.05) is 7.05 Å². The summed E-state index contributed by atoms with van der Waals surface area (Å²) in [5.74, 6) is -1.62. The van der Waals surface area contributed by atoms with Gasteiger partial charge in [0.25, 0.3) is 0 Å². The molecule has 2 heterocycles. The standard InChI is InChI=1S/C17H17ClFNO3/c1-3-22-17(21)13(19)8-15-11-9-20(2)7-6-10-12(18)4-5-14(23-15)16(10)11/h4-5,8H,3,6-7,9H2,1-2H3. The molecule has 122 valence electrons. The van der Waals surface area contributed by atoms with Gasteiger partial charge in [-0.25, -0.2) is 4.79 Å². The average Bonchev–Trinajstić information content (AvgIpc) is 2.73. The SMILES string of the molecule is CCOC(=O)C(F)=Cc1oc2ccc(Cl)c3c2c1CN(C)CC3. The van der Waals surface area contributed by atoms with Crippen LogP contribution in [0.2, 0.25) is 5.02 Å². The summed E-state index contributed by atoms with van der Waals surface area (Å²) >= 11 is 6.31. The van der Waals surface area contributed by atoms with Gasteiger partial charge in [-0.15, -0.1) is 0 Å². The molecule has 0 fully saturated rings. The maximum absolute atomic E-state index is 14.0. The van der Waals surface area contributed by atoms with Gasteiger partial charge in [0.15, 0.2) is 0 Å². The minimum absolute atomic E-state index is 0.121. The molecule has 0 saturated heterocycles. The van der Waals surface area contributed by atoms with Gasteiger partial charge in [-0.2, -0.15) is 4.39 Å². The number of halogens is 2. The van der Waals surface area contributed by atoms with Crippen molar-refractivity contribution in [3.63, 3.8) is 0 Å². The molecular formula is C17H17ClFNO3. The van der Waals surface area contributed by atoms with Crippen LogP contribution in [0.15, 0.2) is 22.4 Å². The van der Waals surface area contributed by atoms with Crippen LogP contribution in [0.25, 0.3) is 17.0 Å². The lowest BCUT2D eigenvalue weighted by Gasteiger charge is -2.13. The summed E-state index contributed by atoms with van der Waals surface area (Å²) in [6.45, 7) is 3.19. The fourth-order valence-electron chi connectivity index (χ4n) is 2.86. The number of esters is 1. The summed E-state index contributed by atoms with van der Waals surface area (Å²) in [5, 5.41) is 1.60. The maximum atomic E-state index is 14.0. The van der Waals surface area contributed by atoms with Crippen LogP contribution in [-0.2, 0) is 22.5 Å². The molecule has 1 aliphatic rings. The van der Waals surface area contributed by atoms with Crippen LogP contribution in [0.1, 0.15) is 23.8 Å². The summed E-state index contributed by atoms with van der Waals surface area (Å²) in [6, 6.07) is 3.56. The van der Waals surface area contributed by atoms with Crippen LogP contribution in [0, 0.1) is 0 Å². The van der Waals surface area contributed by atoms with Crippen LogP contribution in [0.3, 0.4) is 0 Å². The number of hydrogen-bond acceptors (Lipinski definition) is 4. The molecule has 0 N–H and O–H groups in total.